The molecule has 7 heteroatoms. The molecule has 0 radical (unpaired) electrons. The van der Waals surface area contributed by atoms with Crippen molar-refractivity contribution in [1.29, 1.82) is 0 Å². The lowest BCUT2D eigenvalue weighted by Gasteiger charge is -2.29. The average molecular weight is 439 g/mol. The van der Waals surface area contributed by atoms with Gasteiger partial charge in [-0.05, 0) is 43.2 Å². The lowest BCUT2D eigenvalue weighted by molar-refractivity contribution is -0.140. The zero-order valence-corrected chi connectivity index (χ0v) is 18.1. The number of unbranched alkanes of at least 4 members (excludes halogenated alkanes) is 1. The molecule has 1 atom stereocenters. The van der Waals surface area contributed by atoms with E-state index < -0.39 is 11.9 Å². The number of amides is 2. The molecule has 2 aromatic rings. The molecular formula is C22H25Cl2FN2O2. The number of hydrogen-bond donors (Lipinski definition) is 1. The normalized spacial score (nSPS) is 11.8. The Bertz CT molecular complexity index is 823. The highest BCUT2D eigenvalue weighted by atomic mass is 35.5. The standard InChI is InChI=1S/C22H25Cl2FN2O2/c1-3-4-12-26-22(29)15(2)27(14-16-8-10-17(23)11-9-16)21(28)13-18-19(24)6-5-7-20(18)25/h5-11,15H,3-4,12-14H2,1-2H3,(H,26,29)/t15-/m0/s1. The van der Waals surface area contributed by atoms with Crippen molar-refractivity contribution in [3.05, 3.63) is 69.5 Å². The van der Waals surface area contributed by atoms with Crippen LogP contribution in [0.1, 0.15) is 37.8 Å². The molecule has 0 bridgehead atoms. The summed E-state index contributed by atoms with van der Waals surface area (Å²) in [4.78, 5) is 27.1. The Morgan fingerprint density at radius 2 is 1.83 bits per heavy atom. The molecule has 0 unspecified atom stereocenters. The molecule has 156 valence electrons. The molecule has 2 aromatic carbocycles. The van der Waals surface area contributed by atoms with Gasteiger partial charge in [-0.25, -0.2) is 4.39 Å². The van der Waals surface area contributed by atoms with Crippen molar-refractivity contribution < 1.29 is 14.0 Å². The first kappa shape index (κ1) is 23.2. The van der Waals surface area contributed by atoms with Crippen molar-refractivity contribution >= 4 is 35.0 Å². The monoisotopic (exact) mass is 438 g/mol. The molecule has 0 aliphatic carbocycles. The van der Waals surface area contributed by atoms with E-state index in [-0.39, 0.29) is 35.4 Å². The number of benzene rings is 2. The van der Waals surface area contributed by atoms with Crippen molar-refractivity contribution in [2.75, 3.05) is 6.54 Å². The van der Waals surface area contributed by atoms with Crippen LogP contribution in [0.4, 0.5) is 4.39 Å². The van der Waals surface area contributed by atoms with Crippen LogP contribution in [0.25, 0.3) is 0 Å². The predicted octanol–water partition coefficient (Wildman–Crippen LogP) is 5.01. The molecule has 0 fully saturated rings. The van der Waals surface area contributed by atoms with Gasteiger partial charge in [0.05, 0.1) is 6.42 Å². The van der Waals surface area contributed by atoms with Gasteiger partial charge in [0.2, 0.25) is 11.8 Å². The van der Waals surface area contributed by atoms with E-state index in [2.05, 4.69) is 5.32 Å². The molecule has 0 aliphatic heterocycles. The molecule has 0 saturated heterocycles. The van der Waals surface area contributed by atoms with Crippen LogP contribution in [0, 0.1) is 5.82 Å². The third-order valence-corrected chi connectivity index (χ3v) is 5.26. The first-order chi connectivity index (χ1) is 13.8. The van der Waals surface area contributed by atoms with Gasteiger partial charge in [-0.2, -0.15) is 0 Å². The van der Waals surface area contributed by atoms with Gasteiger partial charge in [0.25, 0.3) is 0 Å². The Morgan fingerprint density at radius 3 is 2.45 bits per heavy atom. The summed E-state index contributed by atoms with van der Waals surface area (Å²) in [5.41, 5.74) is 0.939. The number of hydrogen-bond acceptors (Lipinski definition) is 2. The summed E-state index contributed by atoms with van der Waals surface area (Å²) in [6.07, 6.45) is 1.58. The van der Waals surface area contributed by atoms with E-state index in [9.17, 15) is 14.0 Å². The first-order valence-electron chi connectivity index (χ1n) is 9.58. The van der Waals surface area contributed by atoms with E-state index >= 15 is 0 Å². The summed E-state index contributed by atoms with van der Waals surface area (Å²) in [7, 11) is 0. The molecule has 0 heterocycles. The van der Waals surface area contributed by atoms with Gasteiger partial charge in [0, 0.05) is 28.7 Å². The summed E-state index contributed by atoms with van der Waals surface area (Å²) >= 11 is 12.0. The Kier molecular flexibility index (Phi) is 8.93. The van der Waals surface area contributed by atoms with E-state index in [4.69, 9.17) is 23.2 Å². The topological polar surface area (TPSA) is 49.4 Å². The van der Waals surface area contributed by atoms with Crippen LogP contribution in [-0.2, 0) is 22.6 Å². The van der Waals surface area contributed by atoms with Crippen LogP contribution in [0.3, 0.4) is 0 Å². The van der Waals surface area contributed by atoms with E-state index in [1.807, 2.05) is 6.92 Å². The van der Waals surface area contributed by atoms with Gasteiger partial charge in [-0.1, -0.05) is 54.7 Å². The number of carbonyl (C=O) groups excluding carboxylic acids is 2. The first-order valence-corrected chi connectivity index (χ1v) is 10.3. The molecule has 4 nitrogen and oxygen atoms in total. The van der Waals surface area contributed by atoms with Crippen LogP contribution in [0.2, 0.25) is 10.0 Å². The largest absolute Gasteiger partial charge is 0.354 e. The van der Waals surface area contributed by atoms with Crippen molar-refractivity contribution in [1.82, 2.24) is 10.2 Å². The highest BCUT2D eigenvalue weighted by Crippen LogP contribution is 2.21. The summed E-state index contributed by atoms with van der Waals surface area (Å²) < 4.78 is 14.2. The Labute approximate surface area is 181 Å². The summed E-state index contributed by atoms with van der Waals surface area (Å²) in [5.74, 6) is -1.18. The third kappa shape index (κ3) is 6.72. The lowest BCUT2D eigenvalue weighted by Crippen LogP contribution is -2.48. The fraction of sp³-hybridized carbons (Fsp3) is 0.364. The highest BCUT2D eigenvalue weighted by Gasteiger charge is 2.27. The number of carbonyl (C=O) groups is 2. The van der Waals surface area contributed by atoms with Gasteiger partial charge in [0.15, 0.2) is 0 Å². The van der Waals surface area contributed by atoms with E-state index in [1.165, 1.54) is 23.1 Å². The minimum absolute atomic E-state index is 0.124. The van der Waals surface area contributed by atoms with E-state index in [1.54, 1.807) is 31.2 Å². The SMILES string of the molecule is CCCCNC(=O)[C@H](C)N(Cc1ccc(Cl)cc1)C(=O)Cc1c(F)cccc1Cl. The average Bonchev–Trinajstić information content (AvgIpc) is 2.70. The van der Waals surface area contributed by atoms with Gasteiger partial charge in [-0.15, -0.1) is 0 Å². The zero-order valence-electron chi connectivity index (χ0n) is 16.6. The van der Waals surface area contributed by atoms with E-state index in [0.717, 1.165) is 18.4 Å². The second-order valence-corrected chi connectivity index (χ2v) is 7.69. The fourth-order valence-electron chi connectivity index (χ4n) is 2.86. The van der Waals surface area contributed by atoms with Crippen molar-refractivity contribution in [3.8, 4) is 0 Å². The minimum atomic E-state index is -0.722. The Balaban J connectivity index is 2.23. The van der Waals surface area contributed by atoms with Crippen LogP contribution < -0.4 is 5.32 Å². The quantitative estimate of drug-likeness (QED) is 0.559. The van der Waals surface area contributed by atoms with Crippen molar-refractivity contribution in [2.24, 2.45) is 0 Å². The van der Waals surface area contributed by atoms with E-state index in [0.29, 0.717) is 11.6 Å². The molecule has 0 aromatic heterocycles. The molecule has 2 rings (SSSR count). The minimum Gasteiger partial charge on any atom is -0.354 e. The van der Waals surface area contributed by atoms with Crippen LogP contribution in [-0.4, -0.2) is 29.3 Å². The predicted molar refractivity (Wildman–Crippen MR) is 114 cm³/mol. The summed E-state index contributed by atoms with van der Waals surface area (Å²) in [5, 5.41) is 3.61. The maximum absolute atomic E-state index is 14.2. The maximum Gasteiger partial charge on any atom is 0.242 e. The summed E-state index contributed by atoms with van der Waals surface area (Å²) in [6.45, 7) is 4.44. The van der Waals surface area contributed by atoms with Crippen LogP contribution >= 0.6 is 23.2 Å². The number of nitrogens with zero attached hydrogens (tertiary/aromatic N) is 1. The number of rotatable bonds is 9. The second kappa shape index (κ2) is 11.2. The highest BCUT2D eigenvalue weighted by molar-refractivity contribution is 6.31. The third-order valence-electron chi connectivity index (χ3n) is 4.65. The lowest BCUT2D eigenvalue weighted by atomic mass is 10.1. The fourth-order valence-corrected chi connectivity index (χ4v) is 3.22. The van der Waals surface area contributed by atoms with Crippen LogP contribution in [0.5, 0.6) is 0 Å². The van der Waals surface area contributed by atoms with Gasteiger partial charge in [-0.3, -0.25) is 9.59 Å². The molecular weight excluding hydrogens is 414 g/mol. The van der Waals surface area contributed by atoms with Gasteiger partial charge < -0.3 is 10.2 Å². The summed E-state index contributed by atoms with van der Waals surface area (Å²) in [6, 6.07) is 10.6. The van der Waals surface area contributed by atoms with Gasteiger partial charge in [0.1, 0.15) is 11.9 Å². The number of nitrogens with one attached hydrogen (secondary N) is 1. The Hall–Kier alpha value is -2.11. The zero-order chi connectivity index (χ0) is 21.4. The van der Waals surface area contributed by atoms with Crippen LogP contribution in [0.15, 0.2) is 42.5 Å². The second-order valence-electron chi connectivity index (χ2n) is 6.85. The smallest absolute Gasteiger partial charge is 0.242 e. The molecule has 1 N–H and O–H groups in total. The molecule has 0 aliphatic rings. The van der Waals surface area contributed by atoms with Crippen molar-refractivity contribution in [3.63, 3.8) is 0 Å². The van der Waals surface area contributed by atoms with Crippen molar-refractivity contribution in [2.45, 2.75) is 45.7 Å². The molecule has 2 amide bonds. The molecule has 0 spiro atoms. The molecule has 29 heavy (non-hydrogen) atoms. The number of halogens is 3. The maximum atomic E-state index is 14.2. The Morgan fingerprint density at radius 1 is 1.14 bits per heavy atom. The van der Waals surface area contributed by atoms with Gasteiger partial charge >= 0.3 is 0 Å². The molecule has 0 saturated carbocycles.